The number of hydrogen-bond acceptors (Lipinski definition) is 4. The average molecular weight is 403 g/mol. The molecule has 0 aliphatic carbocycles. The van der Waals surface area contributed by atoms with Crippen LogP contribution in [0.2, 0.25) is 0 Å². The number of nitrogens with zero attached hydrogens (tertiary/aromatic N) is 3. The minimum atomic E-state index is -0.0833. The highest BCUT2D eigenvalue weighted by molar-refractivity contribution is 5.92. The number of aromatic amines is 1. The van der Waals surface area contributed by atoms with Crippen LogP contribution in [0.25, 0.3) is 17.0 Å². The van der Waals surface area contributed by atoms with Crippen molar-refractivity contribution in [2.75, 3.05) is 26.0 Å². The van der Waals surface area contributed by atoms with Crippen LogP contribution in [0.4, 0.5) is 5.82 Å². The van der Waals surface area contributed by atoms with E-state index in [0.717, 1.165) is 33.3 Å². The summed E-state index contributed by atoms with van der Waals surface area (Å²) in [5, 5.41) is 4.19. The summed E-state index contributed by atoms with van der Waals surface area (Å²) in [5.41, 5.74) is 5.03. The van der Waals surface area contributed by atoms with Crippen molar-refractivity contribution in [3.05, 3.63) is 65.0 Å². The molecular weight excluding hydrogens is 378 g/mol. The number of rotatable bonds is 4. The first kappa shape index (κ1) is 19.7. The second-order valence-corrected chi connectivity index (χ2v) is 7.68. The fourth-order valence-electron chi connectivity index (χ4n) is 3.69. The molecule has 3 heterocycles. The molecule has 3 aromatic rings. The first-order valence-corrected chi connectivity index (χ1v) is 9.88. The van der Waals surface area contributed by atoms with Crippen LogP contribution >= 0.6 is 0 Å². The Morgan fingerprint density at radius 3 is 2.97 bits per heavy atom. The summed E-state index contributed by atoms with van der Waals surface area (Å²) >= 11 is 0. The van der Waals surface area contributed by atoms with Crippen molar-refractivity contribution in [2.24, 2.45) is 0 Å². The summed E-state index contributed by atoms with van der Waals surface area (Å²) in [6, 6.07) is 10.1. The Balaban J connectivity index is 1.48. The molecule has 7 nitrogen and oxygen atoms in total. The van der Waals surface area contributed by atoms with E-state index >= 15 is 0 Å². The van der Waals surface area contributed by atoms with E-state index in [1.807, 2.05) is 31.2 Å². The Bertz CT molecular complexity index is 1150. The number of fused-ring (bicyclic) bond motifs is 2. The minimum Gasteiger partial charge on any atom is -0.361 e. The van der Waals surface area contributed by atoms with Crippen molar-refractivity contribution >= 4 is 34.6 Å². The van der Waals surface area contributed by atoms with Gasteiger partial charge in [-0.1, -0.05) is 18.2 Å². The number of H-pyrrole nitrogens is 1. The van der Waals surface area contributed by atoms with Crippen LogP contribution in [0.3, 0.4) is 0 Å². The molecular formula is C23H25N5O2. The predicted molar refractivity (Wildman–Crippen MR) is 118 cm³/mol. The third-order valence-electron chi connectivity index (χ3n) is 5.44. The van der Waals surface area contributed by atoms with Gasteiger partial charge in [0.1, 0.15) is 5.82 Å². The van der Waals surface area contributed by atoms with E-state index in [1.54, 1.807) is 42.2 Å². The number of likely N-dealkylation sites (N-methyl/N-ethyl adjacent to an activating group) is 2. The minimum absolute atomic E-state index is 0.0227. The lowest BCUT2D eigenvalue weighted by atomic mass is 10.1. The van der Waals surface area contributed by atoms with Gasteiger partial charge in [0.15, 0.2) is 0 Å². The summed E-state index contributed by atoms with van der Waals surface area (Å²) in [7, 11) is 3.57. The van der Waals surface area contributed by atoms with E-state index in [-0.39, 0.29) is 18.4 Å². The number of hydrogen-bond donors (Lipinski definition) is 2. The van der Waals surface area contributed by atoms with Gasteiger partial charge in [-0.05, 0) is 36.3 Å². The second-order valence-electron chi connectivity index (χ2n) is 7.68. The molecule has 1 aliphatic rings. The molecule has 4 rings (SSSR count). The van der Waals surface area contributed by atoms with E-state index in [2.05, 4.69) is 21.4 Å². The molecule has 0 atom stereocenters. The zero-order chi connectivity index (χ0) is 21.3. The van der Waals surface area contributed by atoms with Gasteiger partial charge < -0.3 is 20.1 Å². The fraction of sp³-hybridized carbons (Fsp3) is 0.261. The van der Waals surface area contributed by atoms with Gasteiger partial charge in [-0.25, -0.2) is 4.98 Å². The molecule has 0 saturated carbocycles. The van der Waals surface area contributed by atoms with Crippen LogP contribution in [-0.4, -0.2) is 52.2 Å². The smallest absolute Gasteiger partial charge is 0.246 e. The monoisotopic (exact) mass is 403 g/mol. The van der Waals surface area contributed by atoms with E-state index in [9.17, 15) is 9.59 Å². The van der Waals surface area contributed by atoms with Gasteiger partial charge >= 0.3 is 0 Å². The highest BCUT2D eigenvalue weighted by Crippen LogP contribution is 2.23. The number of para-hydroxylation sites is 1. The number of nitrogens with one attached hydrogen (secondary N) is 2. The van der Waals surface area contributed by atoms with Gasteiger partial charge in [0.2, 0.25) is 11.8 Å². The van der Waals surface area contributed by atoms with Crippen LogP contribution in [0.1, 0.15) is 22.4 Å². The quantitative estimate of drug-likeness (QED) is 0.657. The standard InChI is InChI=1S/C23H25N5O2/c1-15-19(18-6-4-5-7-20(18)26-15)14-28(3)21(29)9-8-16-10-17-13-27(2)22(30)12-25-23(17)24-11-16/h4-11,26H,12-14H2,1-3H3,(H,24,25)/b9-8+. The first-order valence-electron chi connectivity index (χ1n) is 9.88. The summed E-state index contributed by atoms with van der Waals surface area (Å²) in [4.78, 5) is 35.7. The van der Waals surface area contributed by atoms with Gasteiger partial charge in [0.05, 0.1) is 6.54 Å². The summed E-state index contributed by atoms with van der Waals surface area (Å²) in [5.74, 6) is 0.651. The number of benzene rings is 1. The molecule has 30 heavy (non-hydrogen) atoms. The van der Waals surface area contributed by atoms with Gasteiger partial charge in [-0.2, -0.15) is 0 Å². The van der Waals surface area contributed by atoms with Crippen molar-refractivity contribution in [2.45, 2.75) is 20.0 Å². The summed E-state index contributed by atoms with van der Waals surface area (Å²) in [6.45, 7) is 3.28. The number of anilines is 1. The van der Waals surface area contributed by atoms with Crippen molar-refractivity contribution in [1.82, 2.24) is 19.8 Å². The summed E-state index contributed by atoms with van der Waals surface area (Å²) < 4.78 is 0. The lowest BCUT2D eigenvalue weighted by Gasteiger charge is -2.15. The number of carbonyl (C=O) groups is 2. The SMILES string of the molecule is Cc1[nH]c2ccccc2c1CN(C)C(=O)/C=C/c1cnc2c(c1)CN(C)C(=O)CN2. The number of carbonyl (C=O) groups excluding carboxylic acids is 2. The molecule has 0 bridgehead atoms. The van der Waals surface area contributed by atoms with Gasteiger partial charge in [0, 0.05) is 61.6 Å². The molecule has 2 amide bonds. The van der Waals surface area contributed by atoms with Crippen molar-refractivity contribution < 1.29 is 9.59 Å². The van der Waals surface area contributed by atoms with E-state index in [4.69, 9.17) is 0 Å². The number of pyridine rings is 1. The van der Waals surface area contributed by atoms with Crippen molar-refractivity contribution in [3.8, 4) is 0 Å². The molecule has 0 spiro atoms. The zero-order valence-electron chi connectivity index (χ0n) is 17.4. The molecule has 2 N–H and O–H groups in total. The predicted octanol–water partition coefficient (Wildman–Crippen LogP) is 2.93. The molecule has 0 unspecified atom stereocenters. The average Bonchev–Trinajstić information content (AvgIpc) is 2.97. The number of aryl methyl sites for hydroxylation is 1. The Morgan fingerprint density at radius 1 is 1.33 bits per heavy atom. The maximum Gasteiger partial charge on any atom is 0.246 e. The van der Waals surface area contributed by atoms with Crippen LogP contribution in [0.5, 0.6) is 0 Å². The van der Waals surface area contributed by atoms with Crippen LogP contribution in [-0.2, 0) is 22.7 Å². The second kappa shape index (κ2) is 8.02. The van der Waals surface area contributed by atoms with Gasteiger partial charge in [-0.15, -0.1) is 0 Å². The Hall–Kier alpha value is -3.61. The Labute approximate surface area is 175 Å². The molecule has 154 valence electrons. The maximum atomic E-state index is 12.7. The molecule has 0 radical (unpaired) electrons. The topological polar surface area (TPSA) is 81.3 Å². The normalized spacial score (nSPS) is 14.0. The van der Waals surface area contributed by atoms with Gasteiger partial charge in [0.25, 0.3) is 0 Å². The zero-order valence-corrected chi connectivity index (χ0v) is 17.4. The van der Waals surface area contributed by atoms with E-state index < -0.39 is 0 Å². The number of amides is 2. The van der Waals surface area contributed by atoms with Crippen molar-refractivity contribution in [1.29, 1.82) is 0 Å². The molecule has 0 saturated heterocycles. The van der Waals surface area contributed by atoms with Crippen LogP contribution < -0.4 is 5.32 Å². The first-order chi connectivity index (χ1) is 14.4. The number of aromatic nitrogens is 2. The van der Waals surface area contributed by atoms with Gasteiger partial charge in [-0.3, -0.25) is 9.59 Å². The van der Waals surface area contributed by atoms with Crippen LogP contribution in [0, 0.1) is 6.92 Å². The highest BCUT2D eigenvalue weighted by atomic mass is 16.2. The highest BCUT2D eigenvalue weighted by Gasteiger charge is 2.18. The summed E-state index contributed by atoms with van der Waals surface area (Å²) in [6.07, 6.45) is 5.03. The molecule has 1 aliphatic heterocycles. The maximum absolute atomic E-state index is 12.7. The molecule has 0 fully saturated rings. The Morgan fingerprint density at radius 2 is 2.13 bits per heavy atom. The van der Waals surface area contributed by atoms with Crippen LogP contribution in [0.15, 0.2) is 42.6 Å². The molecule has 7 heteroatoms. The molecule has 2 aromatic heterocycles. The third-order valence-corrected chi connectivity index (χ3v) is 5.44. The lowest BCUT2D eigenvalue weighted by molar-refractivity contribution is -0.128. The third kappa shape index (κ3) is 3.91. The van der Waals surface area contributed by atoms with E-state index in [0.29, 0.717) is 18.9 Å². The lowest BCUT2D eigenvalue weighted by Crippen LogP contribution is -2.28. The molecule has 1 aromatic carbocycles. The largest absolute Gasteiger partial charge is 0.361 e. The van der Waals surface area contributed by atoms with E-state index in [1.165, 1.54) is 0 Å². The fourth-order valence-corrected chi connectivity index (χ4v) is 3.69. The Kier molecular flexibility index (Phi) is 5.27. The van der Waals surface area contributed by atoms with Crippen molar-refractivity contribution in [3.63, 3.8) is 0 Å².